The van der Waals surface area contributed by atoms with Gasteiger partial charge in [-0.1, -0.05) is 37.8 Å². The Hall–Kier alpha value is -0.860. The number of rotatable bonds is 3. The van der Waals surface area contributed by atoms with Gasteiger partial charge in [0.2, 0.25) is 0 Å². The predicted octanol–water partition coefficient (Wildman–Crippen LogP) is 4.30. The van der Waals surface area contributed by atoms with Crippen LogP contribution in [0.3, 0.4) is 0 Å². The molecular formula is C19H31NO. The van der Waals surface area contributed by atoms with E-state index in [1.165, 1.54) is 42.4 Å². The van der Waals surface area contributed by atoms with Crippen molar-refractivity contribution in [2.24, 2.45) is 0 Å². The Kier molecular flexibility index (Phi) is 5.11. The molecule has 1 unspecified atom stereocenters. The summed E-state index contributed by atoms with van der Waals surface area (Å²) in [4.78, 5) is 2.28. The fourth-order valence-corrected chi connectivity index (χ4v) is 3.87. The van der Waals surface area contributed by atoms with Crippen LogP contribution in [0.5, 0.6) is 0 Å². The van der Waals surface area contributed by atoms with Crippen molar-refractivity contribution in [3.63, 3.8) is 0 Å². The molecule has 1 fully saturated rings. The minimum absolute atomic E-state index is 0.108. The summed E-state index contributed by atoms with van der Waals surface area (Å²) in [6.45, 7) is 6.41. The normalized spacial score (nSPS) is 20.3. The van der Waals surface area contributed by atoms with E-state index >= 15 is 0 Å². The van der Waals surface area contributed by atoms with Crippen molar-refractivity contribution in [3.8, 4) is 0 Å². The molecule has 21 heavy (non-hydrogen) atoms. The lowest BCUT2D eigenvalue weighted by atomic mass is 9.78. The lowest BCUT2D eigenvalue weighted by Gasteiger charge is -2.44. The highest BCUT2D eigenvalue weighted by atomic mass is 16.3. The van der Waals surface area contributed by atoms with Crippen molar-refractivity contribution in [3.05, 3.63) is 34.4 Å². The molecule has 0 spiro atoms. The van der Waals surface area contributed by atoms with E-state index in [4.69, 9.17) is 0 Å². The second-order valence-corrected chi connectivity index (χ2v) is 7.11. The number of aliphatic hydroxyl groups is 1. The van der Waals surface area contributed by atoms with Gasteiger partial charge in [-0.2, -0.15) is 0 Å². The summed E-state index contributed by atoms with van der Waals surface area (Å²) in [7, 11) is 4.26. The molecule has 1 saturated carbocycles. The Morgan fingerprint density at radius 2 is 1.43 bits per heavy atom. The van der Waals surface area contributed by atoms with Crippen LogP contribution in [0.1, 0.15) is 66.9 Å². The SMILES string of the molecule is Cc1cc(C)c(C(O)C2(N(C)C)CCCCCC2)cc1C. The number of hydrogen-bond acceptors (Lipinski definition) is 2. The molecule has 1 aromatic rings. The molecule has 0 bridgehead atoms. The van der Waals surface area contributed by atoms with E-state index in [9.17, 15) is 5.11 Å². The molecule has 0 aliphatic heterocycles. The fraction of sp³-hybridized carbons (Fsp3) is 0.684. The van der Waals surface area contributed by atoms with Crippen molar-refractivity contribution >= 4 is 0 Å². The van der Waals surface area contributed by atoms with E-state index in [-0.39, 0.29) is 5.54 Å². The van der Waals surface area contributed by atoms with E-state index < -0.39 is 6.10 Å². The molecule has 0 heterocycles. The Morgan fingerprint density at radius 3 is 1.95 bits per heavy atom. The molecule has 0 radical (unpaired) electrons. The molecule has 2 nitrogen and oxygen atoms in total. The highest BCUT2D eigenvalue weighted by molar-refractivity contribution is 5.39. The minimum Gasteiger partial charge on any atom is -0.386 e. The summed E-state index contributed by atoms with van der Waals surface area (Å²) in [6.07, 6.45) is 6.83. The third-order valence-corrected chi connectivity index (χ3v) is 5.55. The highest BCUT2D eigenvalue weighted by Crippen LogP contribution is 2.42. The number of hydrogen-bond donors (Lipinski definition) is 1. The average Bonchev–Trinajstić information content (AvgIpc) is 2.68. The molecule has 0 amide bonds. The maximum atomic E-state index is 11.2. The van der Waals surface area contributed by atoms with Gasteiger partial charge in [0, 0.05) is 0 Å². The Labute approximate surface area is 130 Å². The standard InChI is InChI=1S/C19H31NO/c1-14-12-16(3)17(13-15(14)2)18(21)19(20(4)5)10-8-6-7-9-11-19/h12-13,18,21H,6-11H2,1-5H3. The maximum Gasteiger partial charge on any atom is 0.0976 e. The quantitative estimate of drug-likeness (QED) is 0.839. The average molecular weight is 289 g/mol. The Bertz CT molecular complexity index is 485. The summed E-state index contributed by atoms with van der Waals surface area (Å²) < 4.78 is 0. The molecule has 0 saturated heterocycles. The van der Waals surface area contributed by atoms with Gasteiger partial charge in [-0.05, 0) is 70.0 Å². The van der Waals surface area contributed by atoms with Gasteiger partial charge >= 0.3 is 0 Å². The number of aryl methyl sites for hydroxylation is 3. The Balaban J connectivity index is 2.43. The minimum atomic E-state index is -0.398. The van der Waals surface area contributed by atoms with Crippen molar-refractivity contribution in [1.82, 2.24) is 4.90 Å². The lowest BCUT2D eigenvalue weighted by Crippen LogP contribution is -2.49. The van der Waals surface area contributed by atoms with Gasteiger partial charge in [0.15, 0.2) is 0 Å². The number of nitrogens with zero attached hydrogens (tertiary/aromatic N) is 1. The number of aliphatic hydroxyl groups excluding tert-OH is 1. The summed E-state index contributed by atoms with van der Waals surface area (Å²) in [6, 6.07) is 4.42. The monoisotopic (exact) mass is 289 g/mol. The largest absolute Gasteiger partial charge is 0.386 e. The second-order valence-electron chi connectivity index (χ2n) is 7.11. The van der Waals surface area contributed by atoms with E-state index in [2.05, 4.69) is 51.9 Å². The van der Waals surface area contributed by atoms with Gasteiger partial charge in [0.05, 0.1) is 11.6 Å². The topological polar surface area (TPSA) is 23.5 Å². The first-order valence-electron chi connectivity index (χ1n) is 8.32. The third kappa shape index (κ3) is 3.17. The first-order chi connectivity index (χ1) is 9.88. The van der Waals surface area contributed by atoms with E-state index in [1.54, 1.807) is 0 Å². The summed E-state index contributed by atoms with van der Waals surface area (Å²) in [5.74, 6) is 0. The molecule has 1 atom stereocenters. The zero-order valence-corrected chi connectivity index (χ0v) is 14.4. The first kappa shape index (κ1) is 16.5. The lowest BCUT2D eigenvalue weighted by molar-refractivity contribution is -0.0202. The van der Waals surface area contributed by atoms with Crippen LogP contribution >= 0.6 is 0 Å². The van der Waals surface area contributed by atoms with Crippen molar-refractivity contribution < 1.29 is 5.11 Å². The van der Waals surface area contributed by atoms with Crippen LogP contribution in [0.2, 0.25) is 0 Å². The third-order valence-electron chi connectivity index (χ3n) is 5.55. The van der Waals surface area contributed by atoms with Gasteiger partial charge < -0.3 is 10.0 Å². The van der Waals surface area contributed by atoms with Crippen LogP contribution in [0.25, 0.3) is 0 Å². The molecule has 1 aliphatic rings. The van der Waals surface area contributed by atoms with Gasteiger partial charge in [-0.15, -0.1) is 0 Å². The molecule has 0 aromatic heterocycles. The van der Waals surface area contributed by atoms with Crippen molar-refractivity contribution in [2.45, 2.75) is 70.9 Å². The molecule has 1 aromatic carbocycles. The van der Waals surface area contributed by atoms with Crippen LogP contribution in [0, 0.1) is 20.8 Å². The number of likely N-dealkylation sites (N-methyl/N-ethyl adjacent to an activating group) is 1. The molecule has 2 rings (SSSR count). The zero-order valence-electron chi connectivity index (χ0n) is 14.4. The Morgan fingerprint density at radius 1 is 0.905 bits per heavy atom. The smallest absolute Gasteiger partial charge is 0.0976 e. The molecule has 118 valence electrons. The van der Waals surface area contributed by atoms with Crippen LogP contribution in [-0.2, 0) is 0 Å². The summed E-state index contributed by atoms with van der Waals surface area (Å²) >= 11 is 0. The first-order valence-corrected chi connectivity index (χ1v) is 8.32. The van der Waals surface area contributed by atoms with Crippen LogP contribution in [0.4, 0.5) is 0 Å². The molecular weight excluding hydrogens is 258 g/mol. The number of benzene rings is 1. The van der Waals surface area contributed by atoms with Crippen molar-refractivity contribution in [1.29, 1.82) is 0 Å². The maximum absolute atomic E-state index is 11.2. The zero-order chi connectivity index (χ0) is 15.6. The summed E-state index contributed by atoms with van der Waals surface area (Å²) in [5, 5.41) is 11.2. The molecule has 1 aliphatic carbocycles. The van der Waals surface area contributed by atoms with E-state index in [0.29, 0.717) is 0 Å². The summed E-state index contributed by atoms with van der Waals surface area (Å²) in [5.41, 5.74) is 4.81. The van der Waals surface area contributed by atoms with Gasteiger partial charge in [0.1, 0.15) is 0 Å². The van der Waals surface area contributed by atoms with Gasteiger partial charge in [-0.3, -0.25) is 0 Å². The molecule has 1 N–H and O–H groups in total. The second kappa shape index (κ2) is 6.50. The van der Waals surface area contributed by atoms with Crippen LogP contribution in [0.15, 0.2) is 12.1 Å². The van der Waals surface area contributed by atoms with Gasteiger partial charge in [-0.25, -0.2) is 0 Å². The van der Waals surface area contributed by atoms with E-state index in [0.717, 1.165) is 18.4 Å². The van der Waals surface area contributed by atoms with E-state index in [1.807, 2.05) is 0 Å². The predicted molar refractivity (Wildman–Crippen MR) is 89.7 cm³/mol. The highest BCUT2D eigenvalue weighted by Gasteiger charge is 2.41. The van der Waals surface area contributed by atoms with Gasteiger partial charge in [0.25, 0.3) is 0 Å². The molecule has 2 heteroatoms. The fourth-order valence-electron chi connectivity index (χ4n) is 3.87. The van der Waals surface area contributed by atoms with Crippen molar-refractivity contribution in [2.75, 3.05) is 14.1 Å². The van der Waals surface area contributed by atoms with Crippen LogP contribution < -0.4 is 0 Å². The van der Waals surface area contributed by atoms with Crippen LogP contribution in [-0.4, -0.2) is 29.6 Å².